The van der Waals surface area contributed by atoms with Crippen LogP contribution in [0.4, 0.5) is 4.79 Å². The number of alkyl carbamates (subject to hydrolysis) is 1. The van der Waals surface area contributed by atoms with Crippen LogP contribution in [0.3, 0.4) is 0 Å². The number of hydrogen-bond donors (Lipinski definition) is 2. The van der Waals surface area contributed by atoms with Crippen LogP contribution in [0, 0.1) is 0 Å². The van der Waals surface area contributed by atoms with Crippen LogP contribution in [-0.2, 0) is 9.47 Å². The Kier molecular flexibility index (Phi) is 4.56. The molecule has 1 fully saturated rings. The van der Waals surface area contributed by atoms with E-state index in [1.807, 2.05) is 20.8 Å². The molecule has 0 aliphatic carbocycles. The van der Waals surface area contributed by atoms with E-state index in [2.05, 4.69) is 10.6 Å². The molecule has 0 aromatic carbocycles. The fourth-order valence-electron chi connectivity index (χ4n) is 1.64. The van der Waals surface area contributed by atoms with Crippen LogP contribution in [0.25, 0.3) is 0 Å². The second-order valence-electron chi connectivity index (χ2n) is 5.08. The van der Waals surface area contributed by atoms with E-state index in [0.29, 0.717) is 6.54 Å². The van der Waals surface area contributed by atoms with Crippen molar-refractivity contribution in [1.29, 1.82) is 0 Å². The fourth-order valence-corrected chi connectivity index (χ4v) is 1.64. The van der Waals surface area contributed by atoms with Crippen molar-refractivity contribution >= 4 is 6.09 Å². The van der Waals surface area contributed by atoms with Crippen LogP contribution in [0.2, 0.25) is 0 Å². The standard InChI is InChI=1S/C11H22N2O3/c1-11(2,3)16-10(14)13-6-8-5-9(15-4)7-12-8/h8-9,12H,5-7H2,1-4H3,(H,13,14)/t8-,9-/m1/s1. The lowest BCUT2D eigenvalue weighted by Gasteiger charge is -2.20. The van der Waals surface area contributed by atoms with Crippen molar-refractivity contribution in [3.63, 3.8) is 0 Å². The molecule has 0 saturated carbocycles. The molecule has 0 unspecified atom stereocenters. The lowest BCUT2D eigenvalue weighted by molar-refractivity contribution is 0.0521. The molecule has 1 amide bonds. The predicted octanol–water partition coefficient (Wildman–Crippen LogP) is 0.888. The summed E-state index contributed by atoms with van der Waals surface area (Å²) in [5.41, 5.74) is -0.442. The molecule has 1 rings (SSSR count). The Balaban J connectivity index is 2.18. The molecule has 1 aliphatic heterocycles. The fraction of sp³-hybridized carbons (Fsp3) is 0.909. The first-order valence-electron chi connectivity index (χ1n) is 5.64. The maximum Gasteiger partial charge on any atom is 0.407 e. The van der Waals surface area contributed by atoms with Crippen molar-refractivity contribution in [2.24, 2.45) is 0 Å². The number of rotatable bonds is 3. The van der Waals surface area contributed by atoms with Gasteiger partial charge in [-0.3, -0.25) is 0 Å². The minimum absolute atomic E-state index is 0.255. The van der Waals surface area contributed by atoms with Crippen LogP contribution >= 0.6 is 0 Å². The predicted molar refractivity (Wildman–Crippen MR) is 61.4 cm³/mol. The highest BCUT2D eigenvalue weighted by Crippen LogP contribution is 2.09. The Morgan fingerprint density at radius 3 is 2.69 bits per heavy atom. The summed E-state index contributed by atoms with van der Waals surface area (Å²) in [5, 5.41) is 6.03. The summed E-state index contributed by atoms with van der Waals surface area (Å²) < 4.78 is 10.4. The van der Waals surface area contributed by atoms with Crippen LogP contribution in [0.1, 0.15) is 27.2 Å². The second-order valence-corrected chi connectivity index (χ2v) is 5.08. The van der Waals surface area contributed by atoms with E-state index < -0.39 is 5.60 Å². The average Bonchev–Trinajstić information content (AvgIpc) is 2.59. The van der Waals surface area contributed by atoms with Crippen molar-refractivity contribution in [1.82, 2.24) is 10.6 Å². The molecule has 1 aliphatic rings. The van der Waals surface area contributed by atoms with Crippen LogP contribution in [0.15, 0.2) is 0 Å². The zero-order valence-corrected chi connectivity index (χ0v) is 10.5. The van der Waals surface area contributed by atoms with E-state index in [0.717, 1.165) is 13.0 Å². The summed E-state index contributed by atoms with van der Waals surface area (Å²) in [6.45, 7) is 6.97. The van der Waals surface area contributed by atoms with Crippen LogP contribution in [-0.4, -0.2) is 44.0 Å². The highest BCUT2D eigenvalue weighted by atomic mass is 16.6. The molecule has 16 heavy (non-hydrogen) atoms. The minimum Gasteiger partial charge on any atom is -0.444 e. The van der Waals surface area contributed by atoms with E-state index >= 15 is 0 Å². The highest BCUT2D eigenvalue weighted by Gasteiger charge is 2.24. The van der Waals surface area contributed by atoms with Gasteiger partial charge in [0.05, 0.1) is 6.10 Å². The second kappa shape index (κ2) is 5.50. The number of carbonyl (C=O) groups excluding carboxylic acids is 1. The SMILES string of the molecule is CO[C@H]1CN[C@@H](CNC(=O)OC(C)(C)C)C1. The van der Waals surface area contributed by atoms with Crippen LogP contribution < -0.4 is 10.6 Å². The maximum absolute atomic E-state index is 11.4. The van der Waals surface area contributed by atoms with Gasteiger partial charge in [0.15, 0.2) is 0 Å². The third-order valence-electron chi connectivity index (χ3n) is 2.41. The third kappa shape index (κ3) is 4.81. The van der Waals surface area contributed by atoms with E-state index in [-0.39, 0.29) is 18.2 Å². The summed E-state index contributed by atoms with van der Waals surface area (Å²) in [6, 6.07) is 0.275. The normalized spacial score (nSPS) is 25.5. The van der Waals surface area contributed by atoms with Gasteiger partial charge in [-0.25, -0.2) is 4.79 Å². The molecule has 94 valence electrons. The molecule has 0 bridgehead atoms. The average molecular weight is 230 g/mol. The van der Waals surface area contributed by atoms with E-state index in [1.54, 1.807) is 7.11 Å². The van der Waals surface area contributed by atoms with Gasteiger partial charge >= 0.3 is 6.09 Å². The van der Waals surface area contributed by atoms with Crippen molar-refractivity contribution in [2.45, 2.75) is 44.9 Å². The number of hydrogen-bond acceptors (Lipinski definition) is 4. The topological polar surface area (TPSA) is 59.6 Å². The molecule has 2 atom stereocenters. The number of carbonyl (C=O) groups is 1. The maximum atomic E-state index is 11.4. The lowest BCUT2D eigenvalue weighted by Crippen LogP contribution is -2.39. The molecule has 2 N–H and O–H groups in total. The molecule has 0 spiro atoms. The molecule has 5 heteroatoms. The largest absolute Gasteiger partial charge is 0.444 e. The molecule has 1 heterocycles. The summed E-state index contributed by atoms with van der Waals surface area (Å²) in [5.74, 6) is 0. The van der Waals surface area contributed by atoms with Crippen molar-refractivity contribution in [3.8, 4) is 0 Å². The summed E-state index contributed by atoms with van der Waals surface area (Å²) in [6.07, 6.45) is 0.812. The molecule has 0 aromatic rings. The highest BCUT2D eigenvalue weighted by molar-refractivity contribution is 5.67. The lowest BCUT2D eigenvalue weighted by atomic mass is 10.2. The monoisotopic (exact) mass is 230 g/mol. The number of amides is 1. The zero-order valence-electron chi connectivity index (χ0n) is 10.5. The summed E-state index contributed by atoms with van der Waals surface area (Å²) >= 11 is 0. The Morgan fingerprint density at radius 1 is 1.50 bits per heavy atom. The van der Waals surface area contributed by atoms with Crippen molar-refractivity contribution in [2.75, 3.05) is 20.2 Å². The van der Waals surface area contributed by atoms with E-state index in [4.69, 9.17) is 9.47 Å². The minimum atomic E-state index is -0.442. The third-order valence-corrected chi connectivity index (χ3v) is 2.41. The zero-order chi connectivity index (χ0) is 12.2. The van der Waals surface area contributed by atoms with Gasteiger partial charge in [0.1, 0.15) is 5.60 Å². The molecule has 5 nitrogen and oxygen atoms in total. The first-order valence-corrected chi connectivity index (χ1v) is 5.64. The molecule has 1 saturated heterocycles. The first-order chi connectivity index (χ1) is 7.40. The number of nitrogens with one attached hydrogen (secondary N) is 2. The Morgan fingerprint density at radius 2 is 2.19 bits per heavy atom. The number of ether oxygens (including phenoxy) is 2. The van der Waals surface area contributed by atoms with Crippen LogP contribution in [0.5, 0.6) is 0 Å². The summed E-state index contributed by atoms with van der Waals surface area (Å²) in [4.78, 5) is 11.4. The quantitative estimate of drug-likeness (QED) is 0.756. The van der Waals surface area contributed by atoms with E-state index in [1.165, 1.54) is 0 Å². The molecule has 0 radical (unpaired) electrons. The Hall–Kier alpha value is -0.810. The first kappa shape index (κ1) is 13.3. The van der Waals surface area contributed by atoms with Gasteiger partial charge in [-0.2, -0.15) is 0 Å². The van der Waals surface area contributed by atoms with Gasteiger partial charge in [-0.1, -0.05) is 0 Å². The van der Waals surface area contributed by atoms with Gasteiger partial charge in [0, 0.05) is 26.2 Å². The summed E-state index contributed by atoms with van der Waals surface area (Å²) in [7, 11) is 1.70. The Bertz CT molecular complexity index is 238. The molecular formula is C11H22N2O3. The van der Waals surface area contributed by atoms with Gasteiger partial charge in [-0.05, 0) is 27.2 Å². The van der Waals surface area contributed by atoms with Gasteiger partial charge in [0.2, 0.25) is 0 Å². The molecular weight excluding hydrogens is 208 g/mol. The van der Waals surface area contributed by atoms with Gasteiger partial charge in [-0.15, -0.1) is 0 Å². The van der Waals surface area contributed by atoms with Crippen molar-refractivity contribution in [3.05, 3.63) is 0 Å². The molecule has 0 aromatic heterocycles. The smallest absolute Gasteiger partial charge is 0.407 e. The number of methoxy groups -OCH3 is 1. The Labute approximate surface area is 96.9 Å². The van der Waals surface area contributed by atoms with Gasteiger partial charge in [0.25, 0.3) is 0 Å². The van der Waals surface area contributed by atoms with Gasteiger partial charge < -0.3 is 20.1 Å². The van der Waals surface area contributed by atoms with Crippen molar-refractivity contribution < 1.29 is 14.3 Å². The van der Waals surface area contributed by atoms with E-state index in [9.17, 15) is 4.79 Å².